The first-order valence-electron chi connectivity index (χ1n) is 8.04. The Morgan fingerprint density at radius 3 is 2.95 bits per heavy atom. The second-order valence-electron chi connectivity index (χ2n) is 5.96. The number of aryl methyl sites for hydroxylation is 1. The number of rotatable bonds is 6. The van der Waals surface area contributed by atoms with E-state index in [2.05, 4.69) is 32.2 Å². The van der Waals surface area contributed by atoms with E-state index < -0.39 is 0 Å². The molecule has 1 aliphatic rings. The summed E-state index contributed by atoms with van der Waals surface area (Å²) in [4.78, 5) is 6.94. The van der Waals surface area contributed by atoms with E-state index >= 15 is 0 Å². The molecule has 2 heterocycles. The number of aromatic amines is 1. The molecule has 0 unspecified atom stereocenters. The van der Waals surface area contributed by atoms with Gasteiger partial charge in [0, 0.05) is 19.0 Å². The van der Waals surface area contributed by atoms with E-state index in [4.69, 9.17) is 4.74 Å². The Morgan fingerprint density at radius 1 is 1.32 bits per heavy atom. The summed E-state index contributed by atoms with van der Waals surface area (Å²) in [6.45, 7) is 6.58. The van der Waals surface area contributed by atoms with E-state index in [0.717, 1.165) is 37.9 Å². The minimum atomic E-state index is 0.452. The minimum Gasteiger partial charge on any atom is -0.375 e. The molecular formula is C17H24N4O. The number of aromatic nitrogens is 3. The van der Waals surface area contributed by atoms with Crippen LogP contribution in [0.25, 0.3) is 0 Å². The summed E-state index contributed by atoms with van der Waals surface area (Å²) >= 11 is 0. The van der Waals surface area contributed by atoms with Crippen LogP contribution in [0.4, 0.5) is 0 Å². The molecule has 0 spiro atoms. The lowest BCUT2D eigenvalue weighted by atomic mass is 9.97. The predicted molar refractivity (Wildman–Crippen MR) is 85.6 cm³/mol. The maximum atomic E-state index is 5.79. The van der Waals surface area contributed by atoms with Gasteiger partial charge in [-0.05, 0) is 31.9 Å². The predicted octanol–water partition coefficient (Wildman–Crippen LogP) is 2.51. The van der Waals surface area contributed by atoms with Crippen LogP contribution in [0.15, 0.2) is 30.3 Å². The molecule has 1 aromatic heterocycles. The molecule has 1 atom stereocenters. The maximum absolute atomic E-state index is 5.79. The van der Waals surface area contributed by atoms with Gasteiger partial charge in [-0.3, -0.25) is 5.10 Å². The average molecular weight is 300 g/mol. The summed E-state index contributed by atoms with van der Waals surface area (Å²) in [6.07, 6.45) is 2.38. The van der Waals surface area contributed by atoms with Gasteiger partial charge in [0.1, 0.15) is 5.82 Å². The van der Waals surface area contributed by atoms with Gasteiger partial charge in [-0.1, -0.05) is 30.3 Å². The van der Waals surface area contributed by atoms with Crippen LogP contribution >= 0.6 is 0 Å². The number of hydrogen-bond acceptors (Lipinski definition) is 4. The van der Waals surface area contributed by atoms with E-state index in [0.29, 0.717) is 12.5 Å². The lowest BCUT2D eigenvalue weighted by Gasteiger charge is -2.31. The van der Waals surface area contributed by atoms with Gasteiger partial charge in [-0.15, -0.1) is 0 Å². The molecule has 5 nitrogen and oxygen atoms in total. The van der Waals surface area contributed by atoms with Gasteiger partial charge in [-0.25, -0.2) is 4.98 Å². The summed E-state index contributed by atoms with van der Waals surface area (Å²) in [5, 5.41) is 7.26. The number of nitrogens with zero attached hydrogens (tertiary/aromatic N) is 3. The zero-order valence-electron chi connectivity index (χ0n) is 13.2. The highest BCUT2D eigenvalue weighted by atomic mass is 16.5. The Morgan fingerprint density at radius 2 is 2.18 bits per heavy atom. The van der Waals surface area contributed by atoms with E-state index in [1.165, 1.54) is 18.4 Å². The first-order valence-corrected chi connectivity index (χ1v) is 8.04. The Hall–Kier alpha value is -1.72. The smallest absolute Gasteiger partial charge is 0.155 e. The number of piperidine rings is 1. The first-order chi connectivity index (χ1) is 10.8. The van der Waals surface area contributed by atoms with Crippen LogP contribution in [-0.2, 0) is 11.3 Å². The van der Waals surface area contributed by atoms with E-state index in [1.54, 1.807) is 0 Å². The van der Waals surface area contributed by atoms with Crippen LogP contribution in [0.5, 0.6) is 0 Å². The molecule has 1 aromatic carbocycles. The van der Waals surface area contributed by atoms with Crippen LogP contribution < -0.4 is 0 Å². The van der Waals surface area contributed by atoms with Gasteiger partial charge in [0.15, 0.2) is 5.82 Å². The van der Waals surface area contributed by atoms with Crippen molar-refractivity contribution in [3.8, 4) is 0 Å². The maximum Gasteiger partial charge on any atom is 0.155 e. The largest absolute Gasteiger partial charge is 0.375 e. The lowest BCUT2D eigenvalue weighted by molar-refractivity contribution is 0.0824. The molecule has 0 aliphatic carbocycles. The minimum absolute atomic E-state index is 0.452. The van der Waals surface area contributed by atoms with Crippen LogP contribution in [-0.4, -0.2) is 46.3 Å². The summed E-state index contributed by atoms with van der Waals surface area (Å²) in [7, 11) is 0. The van der Waals surface area contributed by atoms with Crippen molar-refractivity contribution >= 4 is 0 Å². The second kappa shape index (κ2) is 7.51. The average Bonchev–Trinajstić information content (AvgIpc) is 3.00. The molecule has 1 fully saturated rings. The topological polar surface area (TPSA) is 54.0 Å². The summed E-state index contributed by atoms with van der Waals surface area (Å²) in [5.41, 5.74) is 1.23. The Labute approximate surface area is 131 Å². The highest BCUT2D eigenvalue weighted by Crippen LogP contribution is 2.24. The molecule has 0 bridgehead atoms. The van der Waals surface area contributed by atoms with E-state index in [-0.39, 0.29) is 0 Å². The monoisotopic (exact) mass is 300 g/mol. The molecular weight excluding hydrogens is 276 g/mol. The number of benzene rings is 1. The fourth-order valence-electron chi connectivity index (χ4n) is 2.97. The Kier molecular flexibility index (Phi) is 5.19. The van der Waals surface area contributed by atoms with Gasteiger partial charge in [0.2, 0.25) is 0 Å². The molecule has 5 heteroatoms. The SMILES string of the molecule is Cc1nc([C@@H]2CCCN(CCOCc3ccccc3)C2)n[nH]1. The van der Waals surface area contributed by atoms with Crippen molar-refractivity contribution in [3.05, 3.63) is 47.5 Å². The third kappa shape index (κ3) is 4.15. The first kappa shape index (κ1) is 15.2. The van der Waals surface area contributed by atoms with Crippen molar-refractivity contribution in [1.29, 1.82) is 0 Å². The Balaban J connectivity index is 1.41. The number of hydrogen-bond donors (Lipinski definition) is 1. The Bertz CT molecular complexity index is 569. The highest BCUT2D eigenvalue weighted by Gasteiger charge is 2.23. The van der Waals surface area contributed by atoms with Crippen molar-refractivity contribution in [3.63, 3.8) is 0 Å². The van der Waals surface area contributed by atoms with E-state index in [9.17, 15) is 0 Å². The molecule has 1 N–H and O–H groups in total. The molecule has 1 aliphatic heterocycles. The normalized spacial score (nSPS) is 19.4. The van der Waals surface area contributed by atoms with Crippen molar-refractivity contribution in [2.45, 2.75) is 32.3 Å². The van der Waals surface area contributed by atoms with Gasteiger partial charge in [-0.2, -0.15) is 5.10 Å². The molecule has 2 aromatic rings. The van der Waals surface area contributed by atoms with Crippen LogP contribution in [0.2, 0.25) is 0 Å². The third-order valence-electron chi connectivity index (χ3n) is 4.15. The number of ether oxygens (including phenoxy) is 1. The number of H-pyrrole nitrogens is 1. The van der Waals surface area contributed by atoms with Crippen molar-refractivity contribution in [2.24, 2.45) is 0 Å². The third-order valence-corrected chi connectivity index (χ3v) is 4.15. The summed E-state index contributed by atoms with van der Waals surface area (Å²) in [6, 6.07) is 10.3. The van der Waals surface area contributed by atoms with Gasteiger partial charge >= 0.3 is 0 Å². The van der Waals surface area contributed by atoms with Crippen molar-refractivity contribution in [2.75, 3.05) is 26.2 Å². The molecule has 0 amide bonds. The van der Waals surface area contributed by atoms with E-state index in [1.807, 2.05) is 25.1 Å². The number of likely N-dealkylation sites (tertiary alicyclic amines) is 1. The molecule has 3 rings (SSSR count). The van der Waals surface area contributed by atoms with Gasteiger partial charge < -0.3 is 9.64 Å². The zero-order chi connectivity index (χ0) is 15.2. The molecule has 0 saturated carbocycles. The molecule has 1 saturated heterocycles. The molecule has 118 valence electrons. The molecule has 22 heavy (non-hydrogen) atoms. The molecule has 0 radical (unpaired) electrons. The summed E-state index contributed by atoms with van der Waals surface area (Å²) in [5.74, 6) is 2.32. The van der Waals surface area contributed by atoms with Crippen molar-refractivity contribution in [1.82, 2.24) is 20.1 Å². The van der Waals surface area contributed by atoms with Crippen LogP contribution in [0.3, 0.4) is 0 Å². The fourth-order valence-corrected chi connectivity index (χ4v) is 2.97. The lowest BCUT2D eigenvalue weighted by Crippen LogP contribution is -2.37. The number of nitrogens with one attached hydrogen (secondary N) is 1. The fraction of sp³-hybridized carbons (Fsp3) is 0.529. The standard InChI is InChI=1S/C17H24N4O/c1-14-18-17(20-19-14)16-8-5-9-21(12-16)10-11-22-13-15-6-3-2-4-7-15/h2-4,6-7,16H,5,8-13H2,1H3,(H,18,19,20)/t16-/m1/s1. The highest BCUT2D eigenvalue weighted by molar-refractivity contribution is 5.13. The van der Waals surface area contributed by atoms with Crippen molar-refractivity contribution < 1.29 is 4.74 Å². The second-order valence-corrected chi connectivity index (χ2v) is 5.96. The van der Waals surface area contributed by atoms with Gasteiger partial charge in [0.25, 0.3) is 0 Å². The summed E-state index contributed by atoms with van der Waals surface area (Å²) < 4.78 is 5.79. The quantitative estimate of drug-likeness (QED) is 0.833. The zero-order valence-corrected chi connectivity index (χ0v) is 13.2. The van der Waals surface area contributed by atoms with Gasteiger partial charge in [0.05, 0.1) is 13.2 Å². The van der Waals surface area contributed by atoms with Crippen LogP contribution in [0.1, 0.15) is 36.0 Å². The van der Waals surface area contributed by atoms with Crippen LogP contribution in [0, 0.1) is 6.92 Å².